The van der Waals surface area contributed by atoms with Crippen LogP contribution in [0.1, 0.15) is 11.8 Å². The van der Waals surface area contributed by atoms with Gasteiger partial charge < -0.3 is 10.1 Å². The fraction of sp³-hybridized carbons (Fsp3) is 0.308. The first-order valence-electron chi connectivity index (χ1n) is 5.84. The number of nitrogens with zero attached hydrogens (tertiary/aromatic N) is 1. The molecule has 0 atom stereocenters. The van der Waals surface area contributed by atoms with Gasteiger partial charge in [0.2, 0.25) is 0 Å². The van der Waals surface area contributed by atoms with Gasteiger partial charge in [-0.25, -0.2) is 4.98 Å². The number of fused-ring (bicyclic) bond motifs is 1. The van der Waals surface area contributed by atoms with Crippen LogP contribution < -0.4 is 10.1 Å². The third kappa shape index (κ3) is 1.89. The van der Waals surface area contributed by atoms with Crippen molar-refractivity contribution in [3.8, 4) is 16.3 Å². The zero-order valence-corrected chi connectivity index (χ0v) is 10.5. The maximum Gasteiger partial charge on any atom is 0.141 e. The molecule has 1 N–H and O–H groups in total. The Morgan fingerprint density at radius 1 is 1.41 bits per heavy atom. The van der Waals surface area contributed by atoms with Crippen molar-refractivity contribution in [1.29, 1.82) is 0 Å². The molecule has 0 fully saturated rings. The van der Waals surface area contributed by atoms with Crippen LogP contribution in [0.5, 0.6) is 5.75 Å². The van der Waals surface area contributed by atoms with Gasteiger partial charge in [0, 0.05) is 13.0 Å². The molecule has 4 heteroatoms. The molecule has 0 radical (unpaired) electrons. The zero-order valence-electron chi connectivity index (χ0n) is 9.69. The molecule has 1 aromatic carbocycles. The Hall–Kier alpha value is -1.55. The third-order valence-electron chi connectivity index (χ3n) is 2.76. The van der Waals surface area contributed by atoms with E-state index in [1.54, 1.807) is 11.3 Å². The first-order valence-corrected chi connectivity index (χ1v) is 6.66. The lowest BCUT2D eigenvalue weighted by Gasteiger charge is -2.07. The Bertz CT molecular complexity index is 514. The number of anilines is 1. The van der Waals surface area contributed by atoms with Crippen molar-refractivity contribution in [2.45, 2.75) is 13.3 Å². The summed E-state index contributed by atoms with van der Waals surface area (Å²) in [7, 11) is 0. The normalized spacial score (nSPS) is 13.2. The summed E-state index contributed by atoms with van der Waals surface area (Å²) >= 11 is 1.76. The maximum atomic E-state index is 5.64. The van der Waals surface area contributed by atoms with Crippen molar-refractivity contribution in [2.75, 3.05) is 18.5 Å². The number of nitrogens with one attached hydrogen (secondary N) is 1. The average molecular weight is 246 g/mol. The fourth-order valence-electron chi connectivity index (χ4n) is 1.99. The monoisotopic (exact) mass is 246 g/mol. The van der Waals surface area contributed by atoms with Crippen LogP contribution in [0.4, 0.5) is 5.82 Å². The molecule has 1 aromatic heterocycles. The van der Waals surface area contributed by atoms with Gasteiger partial charge in [-0.3, -0.25) is 0 Å². The highest BCUT2D eigenvalue weighted by atomic mass is 32.1. The summed E-state index contributed by atoms with van der Waals surface area (Å²) in [4.78, 5) is 5.98. The molecule has 0 saturated heterocycles. The van der Waals surface area contributed by atoms with Gasteiger partial charge in [-0.05, 0) is 19.1 Å². The van der Waals surface area contributed by atoms with Gasteiger partial charge in [-0.2, -0.15) is 0 Å². The molecule has 0 aliphatic carbocycles. The summed E-state index contributed by atoms with van der Waals surface area (Å²) in [6.07, 6.45) is 1.09. The molecule has 0 unspecified atom stereocenters. The molecule has 17 heavy (non-hydrogen) atoms. The molecule has 0 bridgehead atoms. The van der Waals surface area contributed by atoms with E-state index < -0.39 is 0 Å². The lowest BCUT2D eigenvalue weighted by molar-refractivity contribution is 0.341. The van der Waals surface area contributed by atoms with E-state index in [0.29, 0.717) is 6.61 Å². The molecule has 3 rings (SSSR count). The first kappa shape index (κ1) is 10.6. The Labute approximate surface area is 104 Å². The van der Waals surface area contributed by atoms with Gasteiger partial charge in [0.05, 0.1) is 17.0 Å². The number of ether oxygens (including phenoxy) is 1. The minimum atomic E-state index is 0.681. The van der Waals surface area contributed by atoms with Crippen LogP contribution in [0.25, 0.3) is 10.6 Å². The Balaban J connectivity index is 2.02. The van der Waals surface area contributed by atoms with Crippen molar-refractivity contribution in [1.82, 2.24) is 4.98 Å². The number of benzene rings is 1. The van der Waals surface area contributed by atoms with E-state index in [9.17, 15) is 0 Å². The second-order valence-corrected chi connectivity index (χ2v) is 4.98. The van der Waals surface area contributed by atoms with Crippen LogP contribution in [0.3, 0.4) is 0 Å². The lowest BCUT2D eigenvalue weighted by atomic mass is 10.2. The van der Waals surface area contributed by atoms with Gasteiger partial charge >= 0.3 is 0 Å². The zero-order chi connectivity index (χ0) is 11.7. The van der Waals surface area contributed by atoms with Gasteiger partial charge in [0.1, 0.15) is 16.6 Å². The minimum absolute atomic E-state index is 0.681. The number of hydrogen-bond acceptors (Lipinski definition) is 4. The van der Waals surface area contributed by atoms with E-state index in [4.69, 9.17) is 4.74 Å². The quantitative estimate of drug-likeness (QED) is 0.903. The van der Waals surface area contributed by atoms with Crippen molar-refractivity contribution in [3.63, 3.8) is 0 Å². The number of rotatable bonds is 3. The third-order valence-corrected chi connectivity index (χ3v) is 3.91. The van der Waals surface area contributed by atoms with Crippen molar-refractivity contribution < 1.29 is 4.74 Å². The van der Waals surface area contributed by atoms with Gasteiger partial charge in [-0.1, -0.05) is 12.1 Å². The SMILES string of the molecule is CCOc1ccccc1-c1nc2c(s1)CCN2. The van der Waals surface area contributed by atoms with Crippen LogP contribution in [-0.4, -0.2) is 18.1 Å². The van der Waals surface area contributed by atoms with Crippen LogP contribution in [-0.2, 0) is 6.42 Å². The fourth-order valence-corrected chi connectivity index (χ4v) is 3.06. The van der Waals surface area contributed by atoms with Gasteiger partial charge in [0.15, 0.2) is 0 Å². The molecule has 2 aromatic rings. The first-order chi connectivity index (χ1) is 8.38. The van der Waals surface area contributed by atoms with Crippen molar-refractivity contribution in [2.24, 2.45) is 0 Å². The maximum absolute atomic E-state index is 5.64. The van der Waals surface area contributed by atoms with E-state index in [2.05, 4.69) is 16.4 Å². The summed E-state index contributed by atoms with van der Waals surface area (Å²) in [6.45, 7) is 3.70. The lowest BCUT2D eigenvalue weighted by Crippen LogP contribution is -1.95. The second kappa shape index (κ2) is 4.37. The smallest absolute Gasteiger partial charge is 0.141 e. The standard InChI is InChI=1S/C13H14N2OS/c1-2-16-10-6-4-3-5-9(10)13-15-12-11(17-13)7-8-14-12/h3-6,14H,2,7-8H2,1H3. The predicted molar refractivity (Wildman–Crippen MR) is 70.9 cm³/mol. The van der Waals surface area contributed by atoms with Crippen LogP contribution >= 0.6 is 11.3 Å². The van der Waals surface area contributed by atoms with Crippen molar-refractivity contribution in [3.05, 3.63) is 29.1 Å². The molecule has 0 spiro atoms. The van der Waals surface area contributed by atoms with Crippen LogP contribution in [0, 0.1) is 0 Å². The highest BCUT2D eigenvalue weighted by molar-refractivity contribution is 7.15. The summed E-state index contributed by atoms with van der Waals surface area (Å²) < 4.78 is 5.64. The summed E-state index contributed by atoms with van der Waals surface area (Å²) in [5, 5.41) is 4.35. The van der Waals surface area contributed by atoms with Crippen molar-refractivity contribution >= 4 is 17.2 Å². The average Bonchev–Trinajstić information content (AvgIpc) is 2.90. The molecule has 3 nitrogen and oxygen atoms in total. The molecule has 1 aliphatic rings. The Morgan fingerprint density at radius 3 is 3.12 bits per heavy atom. The molecule has 88 valence electrons. The highest BCUT2D eigenvalue weighted by Crippen LogP contribution is 2.37. The Kier molecular flexibility index (Phi) is 2.73. The van der Waals surface area contributed by atoms with E-state index in [-0.39, 0.29) is 0 Å². The van der Waals surface area contributed by atoms with Gasteiger partial charge in [0.25, 0.3) is 0 Å². The topological polar surface area (TPSA) is 34.1 Å². The highest BCUT2D eigenvalue weighted by Gasteiger charge is 2.18. The Morgan fingerprint density at radius 2 is 2.29 bits per heavy atom. The van der Waals surface area contributed by atoms with E-state index in [1.165, 1.54) is 4.88 Å². The molecule has 2 heterocycles. The minimum Gasteiger partial charge on any atom is -0.493 e. The van der Waals surface area contributed by atoms with E-state index in [1.807, 2.05) is 25.1 Å². The predicted octanol–water partition coefficient (Wildman–Crippen LogP) is 3.18. The molecular formula is C13H14N2OS. The number of para-hydroxylation sites is 1. The summed E-state index contributed by atoms with van der Waals surface area (Å²) in [5.74, 6) is 1.97. The largest absolute Gasteiger partial charge is 0.493 e. The number of hydrogen-bond donors (Lipinski definition) is 1. The number of aromatic nitrogens is 1. The van der Waals surface area contributed by atoms with E-state index >= 15 is 0 Å². The second-order valence-electron chi connectivity index (χ2n) is 3.90. The molecular weight excluding hydrogens is 232 g/mol. The van der Waals surface area contributed by atoms with Gasteiger partial charge in [-0.15, -0.1) is 11.3 Å². The summed E-state index contributed by atoms with van der Waals surface area (Å²) in [5.41, 5.74) is 1.09. The van der Waals surface area contributed by atoms with E-state index in [0.717, 1.165) is 35.1 Å². The molecule has 1 aliphatic heterocycles. The summed E-state index contributed by atoms with van der Waals surface area (Å²) in [6, 6.07) is 8.09. The molecule has 0 amide bonds. The number of thiazole rings is 1. The molecule has 0 saturated carbocycles. The van der Waals surface area contributed by atoms with Crippen LogP contribution in [0.15, 0.2) is 24.3 Å². The van der Waals surface area contributed by atoms with Crippen LogP contribution in [0.2, 0.25) is 0 Å².